The summed E-state index contributed by atoms with van der Waals surface area (Å²) in [5, 5.41) is 5.65. The third-order valence-corrected chi connectivity index (χ3v) is 4.26. The van der Waals surface area contributed by atoms with E-state index >= 15 is 0 Å². The summed E-state index contributed by atoms with van der Waals surface area (Å²) in [5.74, 6) is -0.527. The second-order valence-corrected chi connectivity index (χ2v) is 6.07. The molecule has 2 aromatic heterocycles. The molecule has 0 bridgehead atoms. The number of nitrogens with zero attached hydrogens (tertiary/aromatic N) is 2. The van der Waals surface area contributed by atoms with Crippen molar-refractivity contribution >= 4 is 33.9 Å². The number of hydrogen-bond donors (Lipinski definition) is 2. The maximum atomic E-state index is 12.6. The van der Waals surface area contributed by atoms with Crippen LogP contribution < -0.4 is 5.43 Å². The minimum Gasteiger partial charge on any atom is -0.353 e. The third-order valence-electron chi connectivity index (χ3n) is 4.26. The minimum absolute atomic E-state index is 0.179. The number of carbonyl (C=O) groups is 1. The Morgan fingerprint density at radius 3 is 2.54 bits per heavy atom. The summed E-state index contributed by atoms with van der Waals surface area (Å²) < 4.78 is 37.7. The monoisotopic (exact) mass is 382 g/mol. The molecule has 0 aliphatic heterocycles. The van der Waals surface area contributed by atoms with Crippen LogP contribution in [0, 0.1) is 0 Å². The van der Waals surface area contributed by atoms with Crippen LogP contribution >= 0.6 is 0 Å². The summed E-state index contributed by atoms with van der Waals surface area (Å²) in [6.45, 7) is 0. The topological polar surface area (TPSA) is 70.1 Å². The van der Waals surface area contributed by atoms with E-state index in [4.69, 9.17) is 0 Å². The van der Waals surface area contributed by atoms with Gasteiger partial charge in [-0.25, -0.2) is 10.4 Å². The van der Waals surface area contributed by atoms with Crippen LogP contribution in [-0.4, -0.2) is 22.1 Å². The lowest BCUT2D eigenvalue weighted by atomic mass is 10.1. The predicted octanol–water partition coefficient (Wildman–Crippen LogP) is 4.50. The van der Waals surface area contributed by atoms with Crippen LogP contribution in [0.2, 0.25) is 0 Å². The van der Waals surface area contributed by atoms with Crippen molar-refractivity contribution in [2.45, 2.75) is 6.18 Å². The molecule has 2 aromatic carbocycles. The molecule has 0 atom stereocenters. The number of fused-ring (bicyclic) bond motifs is 3. The maximum absolute atomic E-state index is 12.6. The zero-order valence-electron chi connectivity index (χ0n) is 14.3. The molecule has 5 nitrogen and oxygen atoms in total. The van der Waals surface area contributed by atoms with Crippen molar-refractivity contribution < 1.29 is 18.0 Å². The van der Waals surface area contributed by atoms with Gasteiger partial charge in [0.25, 0.3) is 5.91 Å². The Labute approximate surface area is 156 Å². The Morgan fingerprint density at radius 1 is 1.04 bits per heavy atom. The van der Waals surface area contributed by atoms with Gasteiger partial charge >= 0.3 is 6.18 Å². The van der Waals surface area contributed by atoms with Gasteiger partial charge < -0.3 is 4.98 Å². The molecule has 0 spiro atoms. The van der Waals surface area contributed by atoms with Crippen LogP contribution in [0.25, 0.3) is 21.8 Å². The van der Waals surface area contributed by atoms with Crippen molar-refractivity contribution in [1.29, 1.82) is 0 Å². The number of halogens is 3. The van der Waals surface area contributed by atoms with Gasteiger partial charge in [-0.3, -0.25) is 4.79 Å². The second-order valence-electron chi connectivity index (χ2n) is 6.07. The molecule has 2 heterocycles. The van der Waals surface area contributed by atoms with Gasteiger partial charge in [0.05, 0.1) is 17.3 Å². The largest absolute Gasteiger partial charge is 0.416 e. The van der Waals surface area contributed by atoms with Crippen molar-refractivity contribution in [3.8, 4) is 0 Å². The van der Waals surface area contributed by atoms with Gasteiger partial charge in [0.15, 0.2) is 5.69 Å². The highest BCUT2D eigenvalue weighted by Gasteiger charge is 2.29. The summed E-state index contributed by atoms with van der Waals surface area (Å²) in [5.41, 5.74) is 3.68. The van der Waals surface area contributed by atoms with Gasteiger partial charge in [0.2, 0.25) is 0 Å². The lowest BCUT2D eigenvalue weighted by molar-refractivity contribution is -0.137. The number of alkyl halides is 3. The van der Waals surface area contributed by atoms with E-state index in [1.807, 2.05) is 30.3 Å². The number of rotatable bonds is 3. The molecular weight excluding hydrogens is 369 g/mol. The third kappa shape index (κ3) is 3.32. The average Bonchev–Trinajstić information content (AvgIpc) is 3.06. The Balaban J connectivity index is 1.55. The second kappa shape index (κ2) is 6.80. The van der Waals surface area contributed by atoms with Gasteiger partial charge in [-0.05, 0) is 29.8 Å². The summed E-state index contributed by atoms with van der Waals surface area (Å²) in [6, 6.07) is 13.9. The summed E-state index contributed by atoms with van der Waals surface area (Å²) in [4.78, 5) is 19.8. The molecule has 0 saturated carbocycles. The molecule has 0 fully saturated rings. The lowest BCUT2D eigenvalue weighted by Crippen LogP contribution is -2.19. The number of carbonyl (C=O) groups excluding carboxylic acids is 1. The highest BCUT2D eigenvalue weighted by molar-refractivity contribution is 6.13. The number of H-pyrrole nitrogens is 1. The fourth-order valence-electron chi connectivity index (χ4n) is 2.92. The first kappa shape index (κ1) is 17.7. The van der Waals surface area contributed by atoms with Gasteiger partial charge in [0, 0.05) is 22.5 Å². The van der Waals surface area contributed by atoms with Crippen LogP contribution in [0.3, 0.4) is 0 Å². The van der Waals surface area contributed by atoms with E-state index in [-0.39, 0.29) is 5.69 Å². The summed E-state index contributed by atoms with van der Waals surface area (Å²) >= 11 is 0. The summed E-state index contributed by atoms with van der Waals surface area (Å²) in [6.07, 6.45) is -1.59. The first-order valence-corrected chi connectivity index (χ1v) is 8.29. The van der Waals surface area contributed by atoms with E-state index in [2.05, 4.69) is 20.5 Å². The first-order chi connectivity index (χ1) is 13.4. The first-order valence-electron chi connectivity index (χ1n) is 8.29. The smallest absolute Gasteiger partial charge is 0.353 e. The van der Waals surface area contributed by atoms with Crippen LogP contribution in [0.15, 0.2) is 65.9 Å². The summed E-state index contributed by atoms with van der Waals surface area (Å²) in [7, 11) is 0. The van der Waals surface area contributed by atoms with E-state index in [0.29, 0.717) is 11.1 Å². The van der Waals surface area contributed by atoms with Gasteiger partial charge in [0.1, 0.15) is 0 Å². The fourth-order valence-corrected chi connectivity index (χ4v) is 2.92. The molecule has 0 saturated heterocycles. The quantitative estimate of drug-likeness (QED) is 0.405. The minimum atomic E-state index is -4.40. The molecule has 4 aromatic rings. The number of hydrogen-bond acceptors (Lipinski definition) is 3. The number of benzene rings is 2. The Kier molecular flexibility index (Phi) is 4.31. The van der Waals surface area contributed by atoms with Crippen molar-refractivity contribution in [2.75, 3.05) is 0 Å². The van der Waals surface area contributed by atoms with Crippen molar-refractivity contribution in [3.05, 3.63) is 77.6 Å². The Hall–Kier alpha value is -3.68. The van der Waals surface area contributed by atoms with Crippen molar-refractivity contribution in [3.63, 3.8) is 0 Å². The Morgan fingerprint density at radius 2 is 1.79 bits per heavy atom. The van der Waals surface area contributed by atoms with E-state index in [1.165, 1.54) is 24.5 Å². The Bertz CT molecular complexity index is 1190. The average molecular weight is 382 g/mol. The number of hydrazone groups is 1. The molecule has 0 unspecified atom stereocenters. The predicted molar refractivity (Wildman–Crippen MR) is 100 cm³/mol. The molecular formula is C20H13F3N4O. The van der Waals surface area contributed by atoms with Gasteiger partial charge in [-0.2, -0.15) is 18.3 Å². The van der Waals surface area contributed by atoms with Crippen molar-refractivity contribution in [2.24, 2.45) is 5.10 Å². The number of pyridine rings is 1. The number of nitrogens with one attached hydrogen (secondary N) is 2. The molecule has 28 heavy (non-hydrogen) atoms. The molecule has 8 heteroatoms. The molecule has 4 rings (SSSR count). The van der Waals surface area contributed by atoms with Gasteiger partial charge in [-0.1, -0.05) is 30.3 Å². The van der Waals surface area contributed by atoms with E-state index in [0.717, 1.165) is 28.4 Å². The standard InChI is InChI=1S/C20H13F3N4O/c21-20(22,23)13-7-5-12(6-8-13)11-25-27-19(28)18-17-15(9-10-24-18)14-3-1-2-4-16(14)26-17/h1-11,26H,(H,27,28). The van der Waals surface area contributed by atoms with Crippen LogP contribution in [-0.2, 0) is 6.18 Å². The molecule has 0 radical (unpaired) electrons. The highest BCUT2D eigenvalue weighted by Crippen LogP contribution is 2.29. The number of para-hydroxylation sites is 1. The molecule has 2 N–H and O–H groups in total. The zero-order chi connectivity index (χ0) is 19.7. The van der Waals surface area contributed by atoms with Crippen molar-refractivity contribution in [1.82, 2.24) is 15.4 Å². The SMILES string of the molecule is O=C(NN=Cc1ccc(C(F)(F)F)cc1)c1nccc2c1[nH]c1ccccc12. The highest BCUT2D eigenvalue weighted by atomic mass is 19.4. The lowest BCUT2D eigenvalue weighted by Gasteiger charge is -2.05. The maximum Gasteiger partial charge on any atom is 0.416 e. The number of aromatic nitrogens is 2. The van der Waals surface area contributed by atoms with E-state index in [9.17, 15) is 18.0 Å². The molecule has 1 amide bonds. The van der Waals surface area contributed by atoms with Crippen LogP contribution in [0.5, 0.6) is 0 Å². The number of amides is 1. The van der Waals surface area contributed by atoms with Crippen LogP contribution in [0.1, 0.15) is 21.6 Å². The van der Waals surface area contributed by atoms with E-state index in [1.54, 1.807) is 0 Å². The normalized spacial score (nSPS) is 12.1. The molecule has 0 aliphatic carbocycles. The molecule has 0 aliphatic rings. The zero-order valence-corrected chi connectivity index (χ0v) is 14.3. The van der Waals surface area contributed by atoms with Gasteiger partial charge in [-0.15, -0.1) is 0 Å². The van der Waals surface area contributed by atoms with Crippen LogP contribution in [0.4, 0.5) is 13.2 Å². The molecule has 140 valence electrons. The van der Waals surface area contributed by atoms with E-state index < -0.39 is 17.6 Å². The number of aromatic amines is 1. The fraction of sp³-hybridized carbons (Fsp3) is 0.0500.